The van der Waals surface area contributed by atoms with E-state index >= 15 is 0 Å². The van der Waals surface area contributed by atoms with Crippen LogP contribution in [0.25, 0.3) is 49.1 Å². The Balaban J connectivity index is 1.28. The monoisotopic (exact) mass is 641 g/mol. The van der Waals surface area contributed by atoms with Gasteiger partial charge >= 0.3 is 12.4 Å². The van der Waals surface area contributed by atoms with Gasteiger partial charge in [-0.05, 0) is 80.0 Å². The molecule has 6 aromatic carbocycles. The largest absolute Gasteiger partial charge is 0.416 e. The summed E-state index contributed by atoms with van der Waals surface area (Å²) in [6, 6.07) is 35.7. The van der Waals surface area contributed by atoms with Crippen LogP contribution >= 0.6 is 11.8 Å². The second-order valence-corrected chi connectivity index (χ2v) is 11.9. The molecule has 0 fully saturated rings. The number of para-hydroxylation sites is 1. The van der Waals surface area contributed by atoms with Gasteiger partial charge in [-0.2, -0.15) is 26.3 Å². The van der Waals surface area contributed by atoms with Gasteiger partial charge < -0.3 is 5.73 Å². The van der Waals surface area contributed by atoms with Crippen LogP contribution in [-0.4, -0.2) is 0 Å². The Morgan fingerprint density at radius 3 is 1.54 bits per heavy atom. The van der Waals surface area contributed by atoms with Crippen molar-refractivity contribution in [3.05, 3.63) is 151 Å². The molecule has 0 unspecified atom stereocenters. The Bertz CT molecular complexity index is 2030. The lowest BCUT2D eigenvalue weighted by Gasteiger charge is -2.15. The number of rotatable bonds is 6. The third-order valence-electron chi connectivity index (χ3n) is 7.71. The summed E-state index contributed by atoms with van der Waals surface area (Å²) >= 11 is 1.52. The molecule has 0 aliphatic heterocycles. The summed E-state index contributed by atoms with van der Waals surface area (Å²) in [6.07, 6.45) is -9.82. The Labute approximate surface area is 266 Å². The molecule has 1 nitrogen and oxygen atoms in total. The molecule has 0 amide bonds. The van der Waals surface area contributed by atoms with Crippen LogP contribution in [0.2, 0.25) is 0 Å². The van der Waals surface area contributed by atoms with Gasteiger partial charge in [-0.15, -0.1) is 0 Å². The molecular formula is C38H25F6NS. The van der Waals surface area contributed by atoms with Crippen LogP contribution in [0.5, 0.6) is 0 Å². The van der Waals surface area contributed by atoms with Crippen molar-refractivity contribution in [3.63, 3.8) is 0 Å². The summed E-state index contributed by atoms with van der Waals surface area (Å²) in [5, 5.41) is 2.11. The van der Waals surface area contributed by atoms with Gasteiger partial charge in [-0.3, -0.25) is 0 Å². The van der Waals surface area contributed by atoms with Gasteiger partial charge in [-0.1, -0.05) is 115 Å². The number of halogens is 6. The average Bonchev–Trinajstić information content (AvgIpc) is 3.04. The molecule has 0 aliphatic carbocycles. The molecule has 6 aromatic rings. The van der Waals surface area contributed by atoms with Crippen molar-refractivity contribution >= 4 is 33.1 Å². The van der Waals surface area contributed by atoms with E-state index < -0.39 is 23.5 Å². The summed E-state index contributed by atoms with van der Waals surface area (Å²) < 4.78 is 80.1. The van der Waals surface area contributed by atoms with Crippen molar-refractivity contribution in [3.8, 4) is 33.4 Å². The first-order valence-corrected chi connectivity index (χ1v) is 14.9. The van der Waals surface area contributed by atoms with E-state index in [0.717, 1.165) is 60.5 Å². The summed E-state index contributed by atoms with van der Waals surface area (Å²) in [6.45, 7) is 4.32. The van der Waals surface area contributed by atoms with Crippen molar-refractivity contribution < 1.29 is 26.3 Å². The normalized spacial score (nSPS) is 12.0. The lowest BCUT2D eigenvalue weighted by atomic mass is 9.93. The molecule has 46 heavy (non-hydrogen) atoms. The van der Waals surface area contributed by atoms with E-state index in [2.05, 4.69) is 30.8 Å². The van der Waals surface area contributed by atoms with Gasteiger partial charge in [0.2, 0.25) is 0 Å². The Kier molecular flexibility index (Phi) is 8.17. The number of nitrogen functional groups attached to an aromatic ring is 1. The number of nitrogens with two attached hydrogens (primary N) is 1. The van der Waals surface area contributed by atoms with Gasteiger partial charge in [0.15, 0.2) is 0 Å². The van der Waals surface area contributed by atoms with E-state index in [1.807, 2.05) is 60.7 Å². The topological polar surface area (TPSA) is 26.0 Å². The lowest BCUT2D eigenvalue weighted by molar-refractivity contribution is -0.143. The maximum absolute atomic E-state index is 13.4. The highest BCUT2D eigenvalue weighted by Gasteiger charge is 2.37. The van der Waals surface area contributed by atoms with Crippen molar-refractivity contribution in [1.29, 1.82) is 0 Å². The number of fused-ring (bicyclic) bond motifs is 1. The number of hydrogen-bond donors (Lipinski definition) is 1. The molecule has 0 spiro atoms. The van der Waals surface area contributed by atoms with Gasteiger partial charge in [0.1, 0.15) is 0 Å². The van der Waals surface area contributed by atoms with E-state index in [4.69, 9.17) is 5.73 Å². The first kappa shape index (κ1) is 31.0. The molecule has 0 saturated carbocycles. The zero-order chi connectivity index (χ0) is 32.6. The maximum Gasteiger partial charge on any atom is 0.416 e. The molecule has 0 heterocycles. The van der Waals surface area contributed by atoms with Crippen molar-refractivity contribution in [1.82, 2.24) is 0 Å². The summed E-state index contributed by atoms with van der Waals surface area (Å²) in [5.74, 6) is 0. The number of hydrogen-bond acceptors (Lipinski definition) is 2. The van der Waals surface area contributed by atoms with E-state index in [0.29, 0.717) is 5.69 Å². The van der Waals surface area contributed by atoms with Gasteiger partial charge in [0.05, 0.1) is 11.1 Å². The number of benzene rings is 6. The fourth-order valence-electron chi connectivity index (χ4n) is 5.37. The second kappa shape index (κ2) is 12.1. The predicted octanol–water partition coefficient (Wildman–Crippen LogP) is 12.2. The van der Waals surface area contributed by atoms with Crippen LogP contribution in [0.3, 0.4) is 0 Å². The highest BCUT2D eigenvalue weighted by atomic mass is 32.2. The van der Waals surface area contributed by atoms with Gasteiger partial charge in [-0.25, -0.2) is 0 Å². The van der Waals surface area contributed by atoms with Crippen LogP contribution in [0.1, 0.15) is 16.7 Å². The minimum absolute atomic E-state index is 0.131. The van der Waals surface area contributed by atoms with E-state index in [1.54, 1.807) is 12.1 Å². The molecule has 0 atom stereocenters. The third-order valence-corrected chi connectivity index (χ3v) is 8.77. The minimum Gasteiger partial charge on any atom is -0.398 e. The SMILES string of the molecule is C=C(Sc1ccccc1N)c1ccc(-c2ccc(-c3ccc(-c4cc(C(F)(F)F)cc(C(F)(F)F)c4)cc3)cc2)c2ccccc12. The third kappa shape index (κ3) is 6.39. The van der Waals surface area contributed by atoms with Crippen LogP contribution in [0, 0.1) is 0 Å². The van der Waals surface area contributed by atoms with Crippen molar-refractivity contribution in [2.75, 3.05) is 5.73 Å². The lowest BCUT2D eigenvalue weighted by Crippen LogP contribution is -2.11. The van der Waals surface area contributed by atoms with Crippen LogP contribution in [-0.2, 0) is 12.4 Å². The fraction of sp³-hybridized carbons (Fsp3) is 0.0526. The van der Waals surface area contributed by atoms with Crippen LogP contribution in [0.4, 0.5) is 32.0 Å². The minimum atomic E-state index is -4.91. The Morgan fingerprint density at radius 1 is 0.522 bits per heavy atom. The smallest absolute Gasteiger partial charge is 0.398 e. The van der Waals surface area contributed by atoms with Gasteiger partial charge in [0.25, 0.3) is 0 Å². The first-order chi connectivity index (χ1) is 21.9. The number of anilines is 1. The molecule has 0 bridgehead atoms. The maximum atomic E-state index is 13.4. The highest BCUT2D eigenvalue weighted by Crippen LogP contribution is 2.42. The van der Waals surface area contributed by atoms with E-state index in [-0.39, 0.29) is 17.2 Å². The van der Waals surface area contributed by atoms with Crippen LogP contribution < -0.4 is 5.73 Å². The van der Waals surface area contributed by atoms with E-state index in [1.165, 1.54) is 23.9 Å². The molecule has 6 rings (SSSR count). The molecule has 2 N–H and O–H groups in total. The summed E-state index contributed by atoms with van der Waals surface area (Å²) in [7, 11) is 0. The highest BCUT2D eigenvalue weighted by molar-refractivity contribution is 8.08. The molecule has 230 valence electrons. The molecule has 0 aliphatic rings. The van der Waals surface area contributed by atoms with Gasteiger partial charge in [0, 0.05) is 15.5 Å². The number of thioether (sulfide) groups is 1. The summed E-state index contributed by atoms with van der Waals surface area (Å²) in [5.41, 5.74) is 8.88. The average molecular weight is 642 g/mol. The van der Waals surface area contributed by atoms with Crippen molar-refractivity contribution in [2.24, 2.45) is 0 Å². The summed E-state index contributed by atoms with van der Waals surface area (Å²) in [4.78, 5) is 1.81. The molecule has 0 aromatic heterocycles. The predicted molar refractivity (Wildman–Crippen MR) is 176 cm³/mol. The molecule has 0 radical (unpaired) electrons. The standard InChI is InChI=1S/C38H25F6NS/c1-23(46-36-9-5-4-8-35(36)45)31-18-19-32(34-7-3-2-6-33(31)34)27-16-14-25(15-17-27)24-10-12-26(13-11-24)28-20-29(37(39,40)41)22-30(21-28)38(42,43)44/h2-22H,1,45H2. The quantitative estimate of drug-likeness (QED) is 0.111. The van der Waals surface area contributed by atoms with Crippen molar-refractivity contribution in [2.45, 2.75) is 17.2 Å². The van der Waals surface area contributed by atoms with E-state index in [9.17, 15) is 26.3 Å². The molecular weight excluding hydrogens is 616 g/mol. The fourth-order valence-corrected chi connectivity index (χ4v) is 6.26. The number of alkyl halides is 6. The molecule has 8 heteroatoms. The Morgan fingerprint density at radius 2 is 1.00 bits per heavy atom. The van der Waals surface area contributed by atoms with Crippen LogP contribution in [0.15, 0.2) is 139 Å². The molecule has 0 saturated heterocycles. The zero-order valence-corrected chi connectivity index (χ0v) is 24.9. The zero-order valence-electron chi connectivity index (χ0n) is 24.1. The Hall–Kier alpha value is -4.95. The first-order valence-electron chi connectivity index (χ1n) is 14.1. The second-order valence-electron chi connectivity index (χ2n) is 10.7.